The molecule has 100 valence electrons. The molecular weight excluding hydrogens is 226 g/mol. The van der Waals surface area contributed by atoms with Gasteiger partial charge in [0, 0.05) is 26.4 Å². The molecule has 1 aliphatic rings. The van der Waals surface area contributed by atoms with Gasteiger partial charge in [0.25, 0.3) is 0 Å². The highest BCUT2D eigenvalue weighted by atomic mass is 16.5. The number of aromatic nitrogens is 1. The maximum Gasteiger partial charge on any atom is 0.128 e. The molecule has 18 heavy (non-hydrogen) atoms. The van der Waals surface area contributed by atoms with Gasteiger partial charge in [-0.15, -0.1) is 0 Å². The highest BCUT2D eigenvalue weighted by molar-refractivity contribution is 5.39. The Morgan fingerprint density at radius 3 is 3.00 bits per heavy atom. The van der Waals surface area contributed by atoms with Crippen LogP contribution in [0.4, 0.5) is 5.82 Å². The van der Waals surface area contributed by atoms with Crippen molar-refractivity contribution in [3.63, 3.8) is 0 Å². The van der Waals surface area contributed by atoms with Gasteiger partial charge in [-0.3, -0.25) is 0 Å². The highest BCUT2D eigenvalue weighted by Gasteiger charge is 2.21. The molecule has 1 aromatic heterocycles. The second-order valence-electron chi connectivity index (χ2n) is 4.83. The molecule has 1 unspecified atom stereocenters. The Morgan fingerprint density at radius 2 is 2.39 bits per heavy atom. The van der Waals surface area contributed by atoms with Gasteiger partial charge in [-0.2, -0.15) is 0 Å². The van der Waals surface area contributed by atoms with Crippen molar-refractivity contribution in [1.82, 2.24) is 10.3 Å². The number of pyridine rings is 1. The summed E-state index contributed by atoms with van der Waals surface area (Å²) in [6, 6.07) is 4.72. The fourth-order valence-electron chi connectivity index (χ4n) is 2.15. The summed E-state index contributed by atoms with van der Waals surface area (Å²) < 4.78 is 5.41. The average molecular weight is 249 g/mol. The minimum atomic E-state index is 0.474. The van der Waals surface area contributed by atoms with E-state index in [1.54, 1.807) is 0 Å². The Kier molecular flexibility index (Phi) is 4.96. The number of hydrogen-bond donors (Lipinski definition) is 1. The zero-order valence-corrected chi connectivity index (χ0v) is 11.4. The summed E-state index contributed by atoms with van der Waals surface area (Å²) in [6.45, 7) is 5.82. The van der Waals surface area contributed by atoms with Crippen LogP contribution in [0.15, 0.2) is 18.3 Å². The fraction of sp³-hybridized carbons (Fsp3) is 0.643. The zero-order chi connectivity index (χ0) is 12.8. The van der Waals surface area contributed by atoms with Crippen LogP contribution in [0.3, 0.4) is 0 Å². The van der Waals surface area contributed by atoms with Gasteiger partial charge in [0.2, 0.25) is 0 Å². The summed E-state index contributed by atoms with van der Waals surface area (Å²) >= 11 is 0. The standard InChI is InChI=1S/C14H23N3O/c1-3-7-15-9-12-4-5-14(16-10-12)17(2)13-6-8-18-11-13/h4-5,10,13,15H,3,6-9,11H2,1-2H3. The summed E-state index contributed by atoms with van der Waals surface area (Å²) in [5.41, 5.74) is 1.24. The van der Waals surface area contributed by atoms with Crippen LogP contribution >= 0.6 is 0 Å². The van der Waals surface area contributed by atoms with Crippen molar-refractivity contribution in [3.8, 4) is 0 Å². The van der Waals surface area contributed by atoms with E-state index < -0.39 is 0 Å². The van der Waals surface area contributed by atoms with E-state index in [1.807, 2.05) is 6.20 Å². The average Bonchev–Trinajstić information content (AvgIpc) is 2.93. The Morgan fingerprint density at radius 1 is 1.50 bits per heavy atom. The van der Waals surface area contributed by atoms with E-state index in [-0.39, 0.29) is 0 Å². The van der Waals surface area contributed by atoms with E-state index in [4.69, 9.17) is 4.74 Å². The van der Waals surface area contributed by atoms with E-state index in [2.05, 4.69) is 41.3 Å². The quantitative estimate of drug-likeness (QED) is 0.780. The van der Waals surface area contributed by atoms with Gasteiger partial charge in [-0.1, -0.05) is 13.0 Å². The van der Waals surface area contributed by atoms with Gasteiger partial charge < -0.3 is 15.0 Å². The van der Waals surface area contributed by atoms with Gasteiger partial charge in [0.15, 0.2) is 0 Å². The predicted molar refractivity (Wildman–Crippen MR) is 73.9 cm³/mol. The van der Waals surface area contributed by atoms with Crippen molar-refractivity contribution in [2.75, 3.05) is 31.7 Å². The van der Waals surface area contributed by atoms with E-state index in [0.29, 0.717) is 6.04 Å². The van der Waals surface area contributed by atoms with Gasteiger partial charge in [0.05, 0.1) is 12.6 Å². The molecular formula is C14H23N3O. The van der Waals surface area contributed by atoms with E-state index in [0.717, 1.165) is 45.0 Å². The number of nitrogens with zero attached hydrogens (tertiary/aromatic N) is 2. The topological polar surface area (TPSA) is 37.4 Å². The summed E-state index contributed by atoms with van der Waals surface area (Å²) in [5.74, 6) is 1.03. The van der Waals surface area contributed by atoms with E-state index >= 15 is 0 Å². The Labute approximate surface area is 109 Å². The van der Waals surface area contributed by atoms with Crippen LogP contribution in [0.2, 0.25) is 0 Å². The van der Waals surface area contributed by atoms with E-state index in [9.17, 15) is 0 Å². The van der Waals surface area contributed by atoms with Crippen molar-refractivity contribution >= 4 is 5.82 Å². The molecule has 1 aromatic rings. The lowest BCUT2D eigenvalue weighted by Crippen LogP contribution is -2.32. The molecule has 0 bridgehead atoms. The molecule has 2 rings (SSSR count). The van der Waals surface area contributed by atoms with Crippen molar-refractivity contribution in [2.24, 2.45) is 0 Å². The van der Waals surface area contributed by atoms with Crippen LogP contribution in [0, 0.1) is 0 Å². The number of nitrogens with one attached hydrogen (secondary N) is 1. The molecule has 4 heteroatoms. The molecule has 4 nitrogen and oxygen atoms in total. The predicted octanol–water partition coefficient (Wildman–Crippen LogP) is 1.81. The van der Waals surface area contributed by atoms with Crippen molar-refractivity contribution in [2.45, 2.75) is 32.4 Å². The third-order valence-electron chi connectivity index (χ3n) is 3.38. The molecule has 0 aliphatic carbocycles. The van der Waals surface area contributed by atoms with Crippen LogP contribution in [0.1, 0.15) is 25.3 Å². The lowest BCUT2D eigenvalue weighted by Gasteiger charge is -2.24. The smallest absolute Gasteiger partial charge is 0.128 e. The van der Waals surface area contributed by atoms with Gasteiger partial charge in [0.1, 0.15) is 5.82 Å². The van der Waals surface area contributed by atoms with Crippen molar-refractivity contribution < 1.29 is 4.74 Å². The van der Waals surface area contributed by atoms with Gasteiger partial charge in [-0.05, 0) is 31.0 Å². The number of rotatable bonds is 6. The minimum Gasteiger partial charge on any atom is -0.379 e. The number of likely N-dealkylation sites (N-methyl/N-ethyl adjacent to an activating group) is 1. The zero-order valence-electron chi connectivity index (χ0n) is 11.4. The summed E-state index contributed by atoms with van der Waals surface area (Å²) in [5, 5.41) is 3.38. The second-order valence-corrected chi connectivity index (χ2v) is 4.83. The van der Waals surface area contributed by atoms with Gasteiger partial charge >= 0.3 is 0 Å². The Bertz CT molecular complexity index is 347. The first-order chi connectivity index (χ1) is 8.81. The third kappa shape index (κ3) is 3.43. The summed E-state index contributed by atoms with van der Waals surface area (Å²) in [7, 11) is 2.09. The van der Waals surface area contributed by atoms with Gasteiger partial charge in [-0.25, -0.2) is 4.98 Å². The van der Waals surface area contributed by atoms with Crippen molar-refractivity contribution in [1.29, 1.82) is 0 Å². The molecule has 0 amide bonds. The molecule has 0 spiro atoms. The van der Waals surface area contributed by atoms with Crippen molar-refractivity contribution in [3.05, 3.63) is 23.9 Å². The first kappa shape index (κ1) is 13.3. The lowest BCUT2D eigenvalue weighted by atomic mass is 10.2. The molecule has 1 saturated heterocycles. The van der Waals surface area contributed by atoms with Crippen LogP contribution in [0.5, 0.6) is 0 Å². The number of anilines is 1. The third-order valence-corrected chi connectivity index (χ3v) is 3.38. The van der Waals surface area contributed by atoms with Crippen LogP contribution < -0.4 is 10.2 Å². The fourth-order valence-corrected chi connectivity index (χ4v) is 2.15. The first-order valence-electron chi connectivity index (χ1n) is 6.77. The Hall–Kier alpha value is -1.13. The Balaban J connectivity index is 1.89. The van der Waals surface area contributed by atoms with Crippen LogP contribution in [0.25, 0.3) is 0 Å². The molecule has 0 saturated carbocycles. The van der Waals surface area contributed by atoms with E-state index in [1.165, 1.54) is 5.56 Å². The molecule has 2 heterocycles. The lowest BCUT2D eigenvalue weighted by molar-refractivity contribution is 0.193. The largest absolute Gasteiger partial charge is 0.379 e. The molecule has 0 aromatic carbocycles. The van der Waals surface area contributed by atoms with Crippen LogP contribution in [-0.2, 0) is 11.3 Å². The number of hydrogen-bond acceptors (Lipinski definition) is 4. The molecule has 1 fully saturated rings. The highest BCUT2D eigenvalue weighted by Crippen LogP contribution is 2.17. The summed E-state index contributed by atoms with van der Waals surface area (Å²) in [6.07, 6.45) is 4.22. The normalized spacial score (nSPS) is 19.1. The SMILES string of the molecule is CCCNCc1ccc(N(C)C2CCOC2)nc1. The minimum absolute atomic E-state index is 0.474. The second kappa shape index (κ2) is 6.71. The summed E-state index contributed by atoms with van der Waals surface area (Å²) in [4.78, 5) is 6.75. The monoisotopic (exact) mass is 249 g/mol. The molecule has 0 radical (unpaired) electrons. The number of ether oxygens (including phenoxy) is 1. The maximum absolute atomic E-state index is 5.41. The maximum atomic E-state index is 5.41. The first-order valence-corrected chi connectivity index (χ1v) is 6.77. The van der Waals surface area contributed by atoms with Crippen LogP contribution in [-0.4, -0.2) is 37.8 Å². The molecule has 1 aliphatic heterocycles. The molecule has 1 atom stereocenters. The molecule has 1 N–H and O–H groups in total.